The van der Waals surface area contributed by atoms with E-state index < -0.39 is 23.6 Å². The lowest BCUT2D eigenvalue weighted by molar-refractivity contribution is -0.122. The van der Waals surface area contributed by atoms with Crippen molar-refractivity contribution in [2.24, 2.45) is 0 Å². The molecular weight excluding hydrogens is 386 g/mol. The highest BCUT2D eigenvalue weighted by Gasteiger charge is 2.18. The second kappa shape index (κ2) is 8.35. The van der Waals surface area contributed by atoms with E-state index >= 15 is 0 Å². The average molecular weight is 404 g/mol. The van der Waals surface area contributed by atoms with E-state index in [0.717, 1.165) is 23.3 Å². The molecule has 1 atom stereocenters. The van der Waals surface area contributed by atoms with Crippen molar-refractivity contribution in [1.82, 2.24) is 4.98 Å². The van der Waals surface area contributed by atoms with Crippen LogP contribution in [-0.4, -0.2) is 24.1 Å². The van der Waals surface area contributed by atoms with Crippen molar-refractivity contribution in [3.05, 3.63) is 59.0 Å². The van der Waals surface area contributed by atoms with E-state index in [-0.39, 0.29) is 5.75 Å². The van der Waals surface area contributed by atoms with Gasteiger partial charge in [0.2, 0.25) is 0 Å². The van der Waals surface area contributed by atoms with Gasteiger partial charge in [0.1, 0.15) is 11.5 Å². The zero-order valence-corrected chi connectivity index (χ0v) is 16.3. The molecule has 0 radical (unpaired) electrons. The molecule has 0 fully saturated rings. The predicted molar refractivity (Wildman–Crippen MR) is 104 cm³/mol. The van der Waals surface area contributed by atoms with E-state index in [9.17, 15) is 13.6 Å². The summed E-state index contributed by atoms with van der Waals surface area (Å²) in [6.45, 7) is 3.48. The van der Waals surface area contributed by atoms with Gasteiger partial charge in [0, 0.05) is 17.0 Å². The van der Waals surface area contributed by atoms with Gasteiger partial charge in [-0.25, -0.2) is 13.8 Å². The summed E-state index contributed by atoms with van der Waals surface area (Å²) < 4.78 is 37.0. The molecule has 0 spiro atoms. The number of anilines is 1. The van der Waals surface area contributed by atoms with Crippen LogP contribution in [0.1, 0.15) is 12.5 Å². The van der Waals surface area contributed by atoms with Crippen molar-refractivity contribution >= 4 is 22.4 Å². The molecule has 2 aromatic carbocycles. The number of ether oxygens (including phenoxy) is 2. The quantitative estimate of drug-likeness (QED) is 0.640. The summed E-state index contributed by atoms with van der Waals surface area (Å²) in [5.74, 6) is -1.73. The molecule has 0 aliphatic heterocycles. The molecule has 8 heteroatoms. The number of nitrogens with zero attached hydrogens (tertiary/aromatic N) is 1. The van der Waals surface area contributed by atoms with Crippen molar-refractivity contribution in [3.63, 3.8) is 0 Å². The summed E-state index contributed by atoms with van der Waals surface area (Å²) in [5.41, 5.74) is 2.56. The highest BCUT2D eigenvalue weighted by molar-refractivity contribution is 7.14. The number of hydrogen-bond acceptors (Lipinski definition) is 5. The summed E-state index contributed by atoms with van der Waals surface area (Å²) in [7, 11) is 1.58. The van der Waals surface area contributed by atoms with Crippen LogP contribution in [0.3, 0.4) is 0 Å². The monoisotopic (exact) mass is 404 g/mol. The Morgan fingerprint density at radius 1 is 1.18 bits per heavy atom. The topological polar surface area (TPSA) is 60.5 Å². The lowest BCUT2D eigenvalue weighted by Crippen LogP contribution is -2.30. The first-order valence-corrected chi connectivity index (χ1v) is 9.28. The van der Waals surface area contributed by atoms with Crippen molar-refractivity contribution in [2.75, 3.05) is 12.4 Å². The molecule has 1 N–H and O–H groups in total. The Morgan fingerprint density at radius 3 is 2.68 bits per heavy atom. The van der Waals surface area contributed by atoms with Crippen LogP contribution in [0.15, 0.2) is 41.8 Å². The Labute approximate surface area is 164 Å². The maximum absolute atomic E-state index is 13.3. The number of halogens is 2. The number of carbonyl (C=O) groups is 1. The van der Waals surface area contributed by atoms with Gasteiger partial charge in [0.15, 0.2) is 22.9 Å². The van der Waals surface area contributed by atoms with Crippen LogP contribution in [0, 0.1) is 18.6 Å². The molecular formula is C20H18F2N2O3S. The number of benzene rings is 2. The first-order chi connectivity index (χ1) is 13.4. The van der Waals surface area contributed by atoms with E-state index in [1.54, 1.807) is 7.11 Å². The molecule has 1 aromatic heterocycles. The van der Waals surface area contributed by atoms with Gasteiger partial charge in [-0.15, -0.1) is 11.3 Å². The first-order valence-electron chi connectivity index (χ1n) is 8.40. The van der Waals surface area contributed by atoms with Gasteiger partial charge in [-0.3, -0.25) is 10.1 Å². The zero-order chi connectivity index (χ0) is 20.3. The van der Waals surface area contributed by atoms with Crippen LogP contribution < -0.4 is 14.8 Å². The molecule has 146 valence electrons. The summed E-state index contributed by atoms with van der Waals surface area (Å²) >= 11 is 1.26. The number of rotatable bonds is 6. The van der Waals surface area contributed by atoms with Crippen LogP contribution in [0.2, 0.25) is 0 Å². The molecule has 0 bridgehead atoms. The van der Waals surface area contributed by atoms with Crippen molar-refractivity contribution < 1.29 is 23.0 Å². The van der Waals surface area contributed by atoms with Crippen molar-refractivity contribution in [3.8, 4) is 22.8 Å². The number of hydrogen-bond donors (Lipinski definition) is 1. The number of thiazole rings is 1. The maximum atomic E-state index is 13.3. The van der Waals surface area contributed by atoms with Crippen molar-refractivity contribution in [1.29, 1.82) is 0 Å². The van der Waals surface area contributed by atoms with Gasteiger partial charge in [-0.05, 0) is 38.1 Å². The van der Waals surface area contributed by atoms with Crippen LogP contribution >= 0.6 is 11.3 Å². The molecule has 3 rings (SSSR count). The van der Waals surface area contributed by atoms with E-state index in [4.69, 9.17) is 9.47 Å². The third-order valence-electron chi connectivity index (χ3n) is 3.94. The van der Waals surface area contributed by atoms with E-state index in [2.05, 4.69) is 10.3 Å². The third kappa shape index (κ3) is 4.45. The number of methoxy groups -OCH3 is 1. The average Bonchev–Trinajstić information content (AvgIpc) is 3.13. The molecule has 3 aromatic rings. The van der Waals surface area contributed by atoms with Crippen LogP contribution in [0.4, 0.5) is 13.9 Å². The number of nitrogens with one attached hydrogen (secondary N) is 1. The second-order valence-electron chi connectivity index (χ2n) is 6.07. The molecule has 0 aliphatic rings. The Kier molecular flexibility index (Phi) is 5.89. The van der Waals surface area contributed by atoms with Crippen molar-refractivity contribution in [2.45, 2.75) is 20.0 Å². The van der Waals surface area contributed by atoms with Crippen LogP contribution in [0.5, 0.6) is 11.5 Å². The lowest BCUT2D eigenvalue weighted by atomic mass is 10.1. The highest BCUT2D eigenvalue weighted by atomic mass is 32.1. The lowest BCUT2D eigenvalue weighted by Gasteiger charge is -2.13. The second-order valence-corrected chi connectivity index (χ2v) is 6.92. The summed E-state index contributed by atoms with van der Waals surface area (Å²) in [6, 6.07) is 8.85. The van der Waals surface area contributed by atoms with Gasteiger partial charge in [-0.1, -0.05) is 11.6 Å². The summed E-state index contributed by atoms with van der Waals surface area (Å²) in [4.78, 5) is 16.8. The Morgan fingerprint density at radius 2 is 1.96 bits per heavy atom. The van der Waals surface area contributed by atoms with Crippen LogP contribution in [-0.2, 0) is 4.79 Å². The Hall–Kier alpha value is -3.00. The molecule has 1 amide bonds. The fourth-order valence-corrected chi connectivity index (χ4v) is 3.21. The number of aryl methyl sites for hydroxylation is 1. The molecule has 0 saturated heterocycles. The molecule has 0 saturated carbocycles. The highest BCUT2D eigenvalue weighted by Crippen LogP contribution is 2.33. The number of carbonyl (C=O) groups excluding carboxylic acids is 1. The standard InChI is InChI=1S/C20H18F2N2O3S/c1-11-4-7-18(26-3)14(8-11)17-10-28-20(23-17)24-19(25)12(2)27-13-5-6-15(21)16(22)9-13/h4-10,12H,1-3H3,(H,23,24,25). The molecule has 28 heavy (non-hydrogen) atoms. The van der Waals surface area contributed by atoms with E-state index in [1.165, 1.54) is 24.3 Å². The normalized spacial score (nSPS) is 11.8. The minimum Gasteiger partial charge on any atom is -0.496 e. The largest absolute Gasteiger partial charge is 0.496 e. The minimum atomic E-state index is -1.04. The minimum absolute atomic E-state index is 0.0610. The maximum Gasteiger partial charge on any atom is 0.266 e. The molecule has 1 heterocycles. The fourth-order valence-electron chi connectivity index (χ4n) is 2.49. The molecule has 0 aliphatic carbocycles. The fraction of sp³-hybridized carbons (Fsp3) is 0.200. The van der Waals surface area contributed by atoms with Gasteiger partial charge in [0.05, 0.1) is 12.8 Å². The van der Waals surface area contributed by atoms with Crippen LogP contribution in [0.25, 0.3) is 11.3 Å². The van der Waals surface area contributed by atoms with E-state index in [0.29, 0.717) is 16.6 Å². The van der Waals surface area contributed by atoms with Gasteiger partial charge >= 0.3 is 0 Å². The smallest absolute Gasteiger partial charge is 0.266 e. The molecule has 1 unspecified atom stereocenters. The summed E-state index contributed by atoms with van der Waals surface area (Å²) in [5, 5.41) is 4.87. The van der Waals surface area contributed by atoms with Gasteiger partial charge in [0.25, 0.3) is 5.91 Å². The SMILES string of the molecule is COc1ccc(C)cc1-c1csc(NC(=O)C(C)Oc2ccc(F)c(F)c2)n1. The summed E-state index contributed by atoms with van der Waals surface area (Å²) in [6.07, 6.45) is -0.925. The Balaban J connectivity index is 1.70. The van der Waals surface area contributed by atoms with E-state index in [1.807, 2.05) is 30.5 Å². The van der Waals surface area contributed by atoms with Gasteiger partial charge in [-0.2, -0.15) is 0 Å². The number of amides is 1. The third-order valence-corrected chi connectivity index (χ3v) is 4.70. The number of aromatic nitrogens is 1. The molecule has 5 nitrogen and oxygen atoms in total. The Bertz CT molecular complexity index is 1010. The zero-order valence-electron chi connectivity index (χ0n) is 15.5. The van der Waals surface area contributed by atoms with Gasteiger partial charge < -0.3 is 9.47 Å². The first kappa shape index (κ1) is 19.8. The predicted octanol–water partition coefficient (Wildman–Crippen LogP) is 4.81.